The second-order valence-electron chi connectivity index (χ2n) is 2.16. The van der Waals surface area contributed by atoms with Gasteiger partial charge >= 0.3 is 5.97 Å². The van der Waals surface area contributed by atoms with Gasteiger partial charge in [0.05, 0.1) is 25.5 Å². The topological polar surface area (TPSA) is 85.9 Å². The lowest BCUT2D eigenvalue weighted by Crippen LogP contribution is -2.21. The molecule has 0 aliphatic heterocycles. The summed E-state index contributed by atoms with van der Waals surface area (Å²) in [4.78, 5) is 19.7. The minimum Gasteiger partial charge on any atom is -0.461 e. The highest BCUT2D eigenvalue weighted by Gasteiger charge is 2.08. The largest absolute Gasteiger partial charge is 0.461 e. The molecule has 0 rings (SSSR count). The van der Waals surface area contributed by atoms with E-state index in [9.17, 15) is 4.79 Å². The molecule has 0 saturated heterocycles. The molecule has 7 heteroatoms. The van der Waals surface area contributed by atoms with E-state index in [1.807, 2.05) is 0 Å². The molecule has 3 N–H and O–H groups in total. The lowest BCUT2D eigenvalue weighted by molar-refractivity contribution is -0.140. The van der Waals surface area contributed by atoms with Crippen LogP contribution in [0.15, 0.2) is 16.9 Å². The van der Waals surface area contributed by atoms with E-state index in [0.29, 0.717) is 12.5 Å². The zero-order chi connectivity index (χ0) is 11.5. The summed E-state index contributed by atoms with van der Waals surface area (Å²) in [5.74, 6) is -0.0849. The summed E-state index contributed by atoms with van der Waals surface area (Å²) < 4.78 is 4.76. The number of aliphatic imine (C=N–C) groups is 1. The molecule has 0 aromatic rings. The van der Waals surface area contributed by atoms with Crippen LogP contribution in [0.3, 0.4) is 0 Å². The quantitative estimate of drug-likeness (QED) is 0.163. The minimum atomic E-state index is -0.519. The van der Waals surface area contributed by atoms with Crippen LogP contribution in [-0.4, -0.2) is 31.1 Å². The summed E-state index contributed by atoms with van der Waals surface area (Å²) in [6, 6.07) is 0. The molecule has 0 saturated carbocycles. The maximum absolute atomic E-state index is 11.3. The average Bonchev–Trinajstić information content (AvgIpc) is 2.23. The van der Waals surface area contributed by atoms with Crippen molar-refractivity contribution < 1.29 is 14.4 Å². The smallest absolute Gasteiger partial charge is 0.358 e. The first-order chi connectivity index (χ1) is 7.26. The van der Waals surface area contributed by atoms with Gasteiger partial charge in [0, 0.05) is 5.88 Å². The first kappa shape index (κ1) is 13.9. The van der Waals surface area contributed by atoms with Gasteiger partial charge in [0.15, 0.2) is 5.70 Å². The number of hydrogen-bond donors (Lipinski definition) is 2. The molecule has 0 amide bonds. The number of hydroxylamine groups is 1. The lowest BCUT2D eigenvalue weighted by Gasteiger charge is -2.05. The third kappa shape index (κ3) is 6.95. The molecular formula is C8H15N3O3S. The van der Waals surface area contributed by atoms with Crippen LogP contribution in [0.1, 0.15) is 6.92 Å². The Hall–Kier alpha value is -1.05. The Bertz CT molecular complexity index is 243. The molecule has 15 heavy (non-hydrogen) atoms. The Kier molecular flexibility index (Phi) is 8.84. The van der Waals surface area contributed by atoms with Crippen molar-refractivity contribution in [3.8, 4) is 0 Å². The Morgan fingerprint density at radius 2 is 2.40 bits per heavy atom. The molecule has 0 aromatic carbocycles. The van der Waals surface area contributed by atoms with Gasteiger partial charge in [-0.1, -0.05) is 11.8 Å². The second kappa shape index (κ2) is 9.50. The molecule has 0 atom stereocenters. The van der Waals surface area contributed by atoms with Gasteiger partial charge in [0.2, 0.25) is 0 Å². The number of rotatable bonds is 7. The van der Waals surface area contributed by atoms with Gasteiger partial charge in [0.25, 0.3) is 0 Å². The summed E-state index contributed by atoms with van der Waals surface area (Å²) >= 11 is 1.31. The highest BCUT2D eigenvalue weighted by Crippen LogP contribution is 1.96. The SMILES string of the molecule is CCOC(=O)C(=CN=CSCN)NOC. The fourth-order valence-corrected chi connectivity index (χ4v) is 0.864. The average molecular weight is 233 g/mol. The van der Waals surface area contributed by atoms with Crippen LogP contribution in [0.2, 0.25) is 0 Å². The van der Waals surface area contributed by atoms with Crippen molar-refractivity contribution >= 4 is 23.3 Å². The molecule has 0 bridgehead atoms. The number of ether oxygens (including phenoxy) is 1. The second-order valence-corrected chi connectivity index (χ2v) is 3.03. The molecule has 0 fully saturated rings. The highest BCUT2D eigenvalue weighted by molar-refractivity contribution is 8.12. The van der Waals surface area contributed by atoms with Crippen LogP contribution in [0.25, 0.3) is 0 Å². The predicted octanol–water partition coefficient (Wildman–Crippen LogP) is 0.220. The summed E-state index contributed by atoms with van der Waals surface area (Å²) in [6.07, 6.45) is 1.31. The van der Waals surface area contributed by atoms with Crippen molar-refractivity contribution in [3.63, 3.8) is 0 Å². The minimum absolute atomic E-state index is 0.133. The lowest BCUT2D eigenvalue weighted by atomic mass is 10.5. The number of nitrogens with one attached hydrogen (secondary N) is 1. The van der Waals surface area contributed by atoms with Gasteiger partial charge in [-0.25, -0.2) is 4.79 Å². The Balaban J connectivity index is 4.29. The molecular weight excluding hydrogens is 218 g/mol. The van der Waals surface area contributed by atoms with Crippen molar-refractivity contribution in [2.75, 3.05) is 19.6 Å². The zero-order valence-electron chi connectivity index (χ0n) is 8.73. The van der Waals surface area contributed by atoms with Crippen molar-refractivity contribution in [1.82, 2.24) is 5.48 Å². The number of carbonyl (C=O) groups is 1. The Morgan fingerprint density at radius 1 is 1.67 bits per heavy atom. The zero-order valence-corrected chi connectivity index (χ0v) is 9.54. The van der Waals surface area contributed by atoms with Gasteiger partial charge < -0.3 is 10.5 Å². The number of thioether (sulfide) groups is 1. The van der Waals surface area contributed by atoms with Gasteiger partial charge in [-0.05, 0) is 6.92 Å². The molecule has 0 heterocycles. The van der Waals surface area contributed by atoms with Crippen molar-refractivity contribution in [3.05, 3.63) is 11.9 Å². The number of esters is 1. The monoisotopic (exact) mass is 233 g/mol. The van der Waals surface area contributed by atoms with Crippen LogP contribution >= 0.6 is 11.8 Å². The number of nitrogens with two attached hydrogens (primary N) is 1. The van der Waals surface area contributed by atoms with Crippen molar-refractivity contribution in [1.29, 1.82) is 0 Å². The molecule has 0 radical (unpaired) electrons. The van der Waals surface area contributed by atoms with Crippen LogP contribution in [-0.2, 0) is 14.4 Å². The van der Waals surface area contributed by atoms with E-state index < -0.39 is 5.97 Å². The van der Waals surface area contributed by atoms with E-state index in [1.54, 1.807) is 6.92 Å². The third-order valence-corrected chi connectivity index (χ3v) is 1.61. The van der Waals surface area contributed by atoms with E-state index in [-0.39, 0.29) is 5.70 Å². The number of nitrogens with zero attached hydrogens (tertiary/aromatic N) is 1. The van der Waals surface area contributed by atoms with Crippen LogP contribution in [0, 0.1) is 0 Å². The summed E-state index contributed by atoms with van der Waals surface area (Å²) in [6.45, 7) is 2.01. The predicted molar refractivity (Wildman–Crippen MR) is 60.0 cm³/mol. The Labute approximate surface area is 92.9 Å². The maximum Gasteiger partial charge on any atom is 0.358 e. The first-order valence-electron chi connectivity index (χ1n) is 4.25. The van der Waals surface area contributed by atoms with Crippen LogP contribution in [0.5, 0.6) is 0 Å². The molecule has 6 nitrogen and oxygen atoms in total. The summed E-state index contributed by atoms with van der Waals surface area (Å²) in [5.41, 5.74) is 9.26. The van der Waals surface area contributed by atoms with Crippen LogP contribution < -0.4 is 11.2 Å². The van der Waals surface area contributed by atoms with Crippen LogP contribution in [0.4, 0.5) is 0 Å². The number of hydrogen-bond acceptors (Lipinski definition) is 7. The Morgan fingerprint density at radius 3 is 2.93 bits per heavy atom. The fourth-order valence-electron chi connectivity index (χ4n) is 0.631. The highest BCUT2D eigenvalue weighted by atomic mass is 32.2. The van der Waals surface area contributed by atoms with E-state index in [4.69, 9.17) is 10.5 Å². The number of carbonyl (C=O) groups excluding carboxylic acids is 1. The van der Waals surface area contributed by atoms with Gasteiger partial charge in [-0.15, -0.1) is 0 Å². The third-order valence-electron chi connectivity index (χ3n) is 1.14. The normalized spacial score (nSPS) is 11.8. The van der Waals surface area contributed by atoms with E-state index >= 15 is 0 Å². The van der Waals surface area contributed by atoms with E-state index in [1.165, 1.54) is 30.6 Å². The van der Waals surface area contributed by atoms with Gasteiger partial charge in [-0.2, -0.15) is 0 Å². The summed E-state index contributed by atoms with van der Waals surface area (Å²) in [5, 5.41) is 0. The van der Waals surface area contributed by atoms with Crippen molar-refractivity contribution in [2.45, 2.75) is 6.92 Å². The van der Waals surface area contributed by atoms with Crippen molar-refractivity contribution in [2.24, 2.45) is 10.7 Å². The van der Waals surface area contributed by atoms with E-state index in [0.717, 1.165) is 0 Å². The first-order valence-corrected chi connectivity index (χ1v) is 5.30. The molecule has 86 valence electrons. The van der Waals surface area contributed by atoms with Gasteiger partial charge in [-0.3, -0.25) is 15.3 Å². The standard InChI is InChI=1S/C8H15N3O3S/c1-3-14-8(12)7(11-13-2)4-10-6-15-5-9/h4,6,11H,3,5,9H2,1-2H3. The summed E-state index contributed by atoms with van der Waals surface area (Å²) in [7, 11) is 1.39. The molecule has 0 spiro atoms. The maximum atomic E-state index is 11.3. The van der Waals surface area contributed by atoms with E-state index in [2.05, 4.69) is 15.3 Å². The molecule has 0 aliphatic rings. The molecule has 0 aromatic heterocycles. The molecule has 0 aliphatic carbocycles. The molecule has 0 unspecified atom stereocenters. The van der Waals surface area contributed by atoms with Gasteiger partial charge in [0.1, 0.15) is 0 Å². The fraction of sp³-hybridized carbons (Fsp3) is 0.500.